The molecule has 0 aliphatic carbocycles. The molecule has 10 heavy (non-hydrogen) atoms. The molecular formula is C7H7N3. The Morgan fingerprint density at radius 3 is 3.20 bits per heavy atom. The smallest absolute Gasteiger partial charge is 0.138 e. The largest absolute Gasteiger partial charge is 0.385 e. The van der Waals surface area contributed by atoms with Crippen LogP contribution in [0.15, 0.2) is 24.4 Å². The first kappa shape index (κ1) is 5.29. The van der Waals surface area contributed by atoms with Gasteiger partial charge in [0.25, 0.3) is 0 Å². The first-order valence-corrected chi connectivity index (χ1v) is 3.05. The van der Waals surface area contributed by atoms with Crippen molar-refractivity contribution in [1.29, 1.82) is 0 Å². The summed E-state index contributed by atoms with van der Waals surface area (Å²) in [7, 11) is 0. The fraction of sp³-hybridized carbons (Fsp3) is 0. The molecule has 2 aromatic heterocycles. The molecule has 0 unspecified atom stereocenters. The maximum atomic E-state index is 5.50. The van der Waals surface area contributed by atoms with Gasteiger partial charge in [-0.3, -0.25) is 0 Å². The van der Waals surface area contributed by atoms with E-state index in [4.69, 9.17) is 5.73 Å². The average molecular weight is 133 g/mol. The van der Waals surface area contributed by atoms with Gasteiger partial charge in [-0.15, -0.1) is 0 Å². The molecule has 0 spiro atoms. The van der Waals surface area contributed by atoms with Gasteiger partial charge in [0, 0.05) is 11.6 Å². The van der Waals surface area contributed by atoms with Crippen molar-refractivity contribution < 1.29 is 0 Å². The van der Waals surface area contributed by atoms with Gasteiger partial charge in [0.15, 0.2) is 0 Å². The topological polar surface area (TPSA) is 54.7 Å². The molecule has 3 heteroatoms. The molecule has 3 nitrogen and oxygen atoms in total. The summed E-state index contributed by atoms with van der Waals surface area (Å²) in [6.07, 6.45) is 1.73. The van der Waals surface area contributed by atoms with Gasteiger partial charge in [-0.05, 0) is 18.2 Å². The van der Waals surface area contributed by atoms with Gasteiger partial charge < -0.3 is 10.7 Å². The number of aromatic nitrogens is 2. The first-order valence-electron chi connectivity index (χ1n) is 3.05. The van der Waals surface area contributed by atoms with Crippen molar-refractivity contribution in [3.8, 4) is 0 Å². The molecule has 0 aliphatic heterocycles. The number of nitrogens with one attached hydrogen (secondary N) is 1. The fourth-order valence-corrected chi connectivity index (χ4v) is 0.979. The summed E-state index contributed by atoms with van der Waals surface area (Å²) in [4.78, 5) is 6.99. The number of anilines is 1. The van der Waals surface area contributed by atoms with Crippen molar-refractivity contribution in [3.63, 3.8) is 0 Å². The van der Waals surface area contributed by atoms with Crippen molar-refractivity contribution in [2.24, 2.45) is 0 Å². The predicted molar refractivity (Wildman–Crippen MR) is 40.5 cm³/mol. The number of hydrogen-bond acceptors (Lipinski definition) is 2. The second-order valence-electron chi connectivity index (χ2n) is 2.17. The second-order valence-corrected chi connectivity index (χ2v) is 2.17. The zero-order chi connectivity index (χ0) is 6.97. The maximum Gasteiger partial charge on any atom is 0.138 e. The number of pyridine rings is 1. The molecular weight excluding hydrogens is 126 g/mol. The Kier molecular flexibility index (Phi) is 0.917. The summed E-state index contributed by atoms with van der Waals surface area (Å²) in [5.74, 6) is 0.661. The van der Waals surface area contributed by atoms with Gasteiger partial charge in [0.2, 0.25) is 0 Å². The second kappa shape index (κ2) is 1.73. The van der Waals surface area contributed by atoms with Crippen molar-refractivity contribution in [2.45, 2.75) is 0 Å². The normalized spacial score (nSPS) is 10.4. The number of rotatable bonds is 0. The number of hydrogen-bond donors (Lipinski definition) is 2. The van der Waals surface area contributed by atoms with Crippen LogP contribution in [0.25, 0.3) is 11.0 Å². The Labute approximate surface area is 57.9 Å². The van der Waals surface area contributed by atoms with Gasteiger partial charge >= 0.3 is 0 Å². The number of nitrogens with zero attached hydrogens (tertiary/aromatic N) is 1. The summed E-state index contributed by atoms with van der Waals surface area (Å²) < 4.78 is 0. The standard InChI is InChI=1S/C7H7N3/c8-6-4-5-2-1-3-9-7(5)10-6/h1-4H,8H2,(H,9,10). The summed E-state index contributed by atoms with van der Waals surface area (Å²) in [5.41, 5.74) is 6.34. The third-order valence-electron chi connectivity index (χ3n) is 1.41. The quantitative estimate of drug-likeness (QED) is 0.566. The third kappa shape index (κ3) is 0.639. The van der Waals surface area contributed by atoms with E-state index in [0.717, 1.165) is 11.0 Å². The van der Waals surface area contributed by atoms with Crippen LogP contribution in [0.5, 0.6) is 0 Å². The molecule has 2 aromatic rings. The third-order valence-corrected chi connectivity index (χ3v) is 1.41. The van der Waals surface area contributed by atoms with Crippen LogP contribution in [0.2, 0.25) is 0 Å². The SMILES string of the molecule is Nc1cc2cccnc2[nH]1. The van der Waals surface area contributed by atoms with E-state index in [2.05, 4.69) is 9.97 Å². The highest BCUT2D eigenvalue weighted by Gasteiger charge is 1.94. The van der Waals surface area contributed by atoms with Crippen molar-refractivity contribution >= 4 is 16.9 Å². The van der Waals surface area contributed by atoms with Crippen LogP contribution in [-0.4, -0.2) is 9.97 Å². The van der Waals surface area contributed by atoms with Gasteiger partial charge in [0.1, 0.15) is 11.5 Å². The van der Waals surface area contributed by atoms with E-state index in [1.165, 1.54) is 0 Å². The van der Waals surface area contributed by atoms with Crippen molar-refractivity contribution in [1.82, 2.24) is 9.97 Å². The van der Waals surface area contributed by atoms with Crippen LogP contribution in [0.4, 0.5) is 5.82 Å². The monoisotopic (exact) mass is 133 g/mol. The van der Waals surface area contributed by atoms with Gasteiger partial charge in [-0.2, -0.15) is 0 Å². The molecule has 50 valence electrons. The van der Waals surface area contributed by atoms with E-state index in [1.807, 2.05) is 18.2 Å². The van der Waals surface area contributed by atoms with Crippen LogP contribution >= 0.6 is 0 Å². The van der Waals surface area contributed by atoms with E-state index in [9.17, 15) is 0 Å². The molecule has 0 fully saturated rings. The Morgan fingerprint density at radius 1 is 1.50 bits per heavy atom. The molecule has 2 rings (SSSR count). The number of fused-ring (bicyclic) bond motifs is 1. The lowest BCUT2D eigenvalue weighted by Crippen LogP contribution is -1.81. The van der Waals surface area contributed by atoms with E-state index in [1.54, 1.807) is 6.20 Å². The van der Waals surface area contributed by atoms with Crippen LogP contribution in [0, 0.1) is 0 Å². The number of nitrogens with two attached hydrogens (primary N) is 1. The zero-order valence-corrected chi connectivity index (χ0v) is 5.33. The average Bonchev–Trinajstić information content (AvgIpc) is 2.27. The Morgan fingerprint density at radius 2 is 2.40 bits per heavy atom. The minimum absolute atomic E-state index is 0.661. The van der Waals surface area contributed by atoms with Crippen LogP contribution in [-0.2, 0) is 0 Å². The van der Waals surface area contributed by atoms with E-state index < -0.39 is 0 Å². The van der Waals surface area contributed by atoms with Crippen molar-refractivity contribution in [2.75, 3.05) is 5.73 Å². The van der Waals surface area contributed by atoms with Gasteiger partial charge in [0.05, 0.1) is 0 Å². The number of nitrogen functional groups attached to an aromatic ring is 1. The van der Waals surface area contributed by atoms with E-state index in [0.29, 0.717) is 5.82 Å². The lowest BCUT2D eigenvalue weighted by Gasteiger charge is -1.82. The van der Waals surface area contributed by atoms with Crippen LogP contribution in [0.1, 0.15) is 0 Å². The minimum Gasteiger partial charge on any atom is -0.385 e. The molecule has 3 N–H and O–H groups in total. The molecule has 0 aromatic carbocycles. The van der Waals surface area contributed by atoms with E-state index in [-0.39, 0.29) is 0 Å². The molecule has 2 heterocycles. The van der Waals surface area contributed by atoms with Crippen molar-refractivity contribution in [3.05, 3.63) is 24.4 Å². The number of H-pyrrole nitrogens is 1. The van der Waals surface area contributed by atoms with E-state index >= 15 is 0 Å². The molecule has 0 saturated carbocycles. The summed E-state index contributed by atoms with van der Waals surface area (Å²) in [6.45, 7) is 0. The highest BCUT2D eigenvalue weighted by Crippen LogP contribution is 2.12. The fourth-order valence-electron chi connectivity index (χ4n) is 0.979. The molecule has 0 saturated heterocycles. The number of aromatic amines is 1. The highest BCUT2D eigenvalue weighted by molar-refractivity contribution is 5.79. The minimum atomic E-state index is 0.661. The zero-order valence-electron chi connectivity index (χ0n) is 5.33. The lowest BCUT2D eigenvalue weighted by atomic mass is 10.3. The first-order chi connectivity index (χ1) is 4.86. The Hall–Kier alpha value is -1.51. The maximum absolute atomic E-state index is 5.50. The Bertz CT molecular complexity index is 317. The van der Waals surface area contributed by atoms with Crippen LogP contribution < -0.4 is 5.73 Å². The molecule has 0 radical (unpaired) electrons. The summed E-state index contributed by atoms with van der Waals surface area (Å²) in [6, 6.07) is 5.72. The summed E-state index contributed by atoms with van der Waals surface area (Å²) >= 11 is 0. The Balaban J connectivity index is 2.88. The molecule has 0 bridgehead atoms. The van der Waals surface area contributed by atoms with Crippen LogP contribution in [0.3, 0.4) is 0 Å². The highest BCUT2D eigenvalue weighted by atomic mass is 14.9. The molecule has 0 aliphatic rings. The summed E-state index contributed by atoms with van der Waals surface area (Å²) in [5, 5.41) is 1.06. The molecule has 0 amide bonds. The predicted octanol–water partition coefficient (Wildman–Crippen LogP) is 1.15. The van der Waals surface area contributed by atoms with Gasteiger partial charge in [-0.1, -0.05) is 0 Å². The lowest BCUT2D eigenvalue weighted by molar-refractivity contribution is 1.33. The molecule has 0 atom stereocenters. The van der Waals surface area contributed by atoms with Gasteiger partial charge in [-0.25, -0.2) is 4.98 Å².